The predicted molar refractivity (Wildman–Crippen MR) is 99.0 cm³/mol. The van der Waals surface area contributed by atoms with E-state index in [1.54, 1.807) is 0 Å². The minimum Gasteiger partial charge on any atom is -0.360 e. The number of hydrogen-bond donors (Lipinski definition) is 1. The number of pyridine rings is 1. The second-order valence-electron chi connectivity index (χ2n) is 6.51. The van der Waals surface area contributed by atoms with Crippen molar-refractivity contribution in [3.8, 4) is 0 Å². The van der Waals surface area contributed by atoms with E-state index >= 15 is 0 Å². The molecule has 2 fully saturated rings. The van der Waals surface area contributed by atoms with Crippen LogP contribution in [0.25, 0.3) is 10.9 Å². The molecule has 0 bridgehead atoms. The van der Waals surface area contributed by atoms with E-state index < -0.39 is 0 Å². The Morgan fingerprint density at radius 1 is 1.17 bits per heavy atom. The maximum Gasteiger partial charge on any atom is 0.169 e. The molecule has 0 spiro atoms. The second-order valence-corrected chi connectivity index (χ2v) is 6.90. The topological polar surface area (TPSA) is 31.4 Å². The first kappa shape index (κ1) is 14.7. The van der Waals surface area contributed by atoms with Crippen LogP contribution >= 0.6 is 12.2 Å². The molecule has 2 heterocycles. The van der Waals surface area contributed by atoms with Crippen molar-refractivity contribution in [2.75, 3.05) is 31.1 Å². The van der Waals surface area contributed by atoms with Crippen molar-refractivity contribution in [1.82, 2.24) is 15.2 Å². The summed E-state index contributed by atoms with van der Waals surface area (Å²) in [6, 6.07) is 11.2. The van der Waals surface area contributed by atoms with Crippen LogP contribution in [0.3, 0.4) is 0 Å². The van der Waals surface area contributed by atoms with E-state index in [4.69, 9.17) is 17.2 Å². The highest BCUT2D eigenvalue weighted by molar-refractivity contribution is 7.80. The van der Waals surface area contributed by atoms with Gasteiger partial charge in [-0.25, -0.2) is 4.98 Å². The van der Waals surface area contributed by atoms with Gasteiger partial charge in [0.05, 0.1) is 5.52 Å². The Labute approximate surface area is 142 Å². The summed E-state index contributed by atoms with van der Waals surface area (Å²) in [4.78, 5) is 9.51. The number of nitrogens with zero attached hydrogens (tertiary/aromatic N) is 3. The second kappa shape index (κ2) is 5.96. The highest BCUT2D eigenvalue weighted by Gasteiger charge is 2.26. The molecule has 0 radical (unpaired) electrons. The first-order chi connectivity index (χ1) is 11.2. The number of fused-ring (bicyclic) bond motifs is 1. The standard InChI is InChI=1S/C18H22N4S/c1-13-12-17(20-16-5-3-2-4-15(13)16)21-8-10-22(11-9-21)18(23)19-14-6-7-14/h2-5,12,14H,6-11H2,1H3,(H,19,23). The van der Waals surface area contributed by atoms with Gasteiger partial charge in [0, 0.05) is 37.6 Å². The lowest BCUT2D eigenvalue weighted by molar-refractivity contribution is 0.379. The molecule has 0 atom stereocenters. The van der Waals surface area contributed by atoms with Crippen molar-refractivity contribution in [1.29, 1.82) is 0 Å². The normalized spacial score (nSPS) is 18.3. The van der Waals surface area contributed by atoms with Gasteiger partial charge in [0.25, 0.3) is 0 Å². The third-order valence-electron chi connectivity index (χ3n) is 4.71. The molecule has 1 N–H and O–H groups in total. The molecule has 2 aromatic rings. The average molecular weight is 326 g/mol. The van der Waals surface area contributed by atoms with Gasteiger partial charge in [-0.1, -0.05) is 18.2 Å². The number of nitrogens with one attached hydrogen (secondary N) is 1. The van der Waals surface area contributed by atoms with Crippen LogP contribution in [-0.2, 0) is 0 Å². The van der Waals surface area contributed by atoms with Crippen molar-refractivity contribution in [3.63, 3.8) is 0 Å². The fourth-order valence-electron chi connectivity index (χ4n) is 3.13. The zero-order valence-corrected chi connectivity index (χ0v) is 14.3. The Kier molecular flexibility index (Phi) is 3.81. The van der Waals surface area contributed by atoms with Crippen molar-refractivity contribution < 1.29 is 0 Å². The van der Waals surface area contributed by atoms with Crippen molar-refractivity contribution in [2.24, 2.45) is 0 Å². The summed E-state index contributed by atoms with van der Waals surface area (Å²) in [5, 5.41) is 5.60. The Balaban J connectivity index is 1.46. The van der Waals surface area contributed by atoms with Gasteiger partial charge < -0.3 is 15.1 Å². The highest BCUT2D eigenvalue weighted by Crippen LogP contribution is 2.23. The van der Waals surface area contributed by atoms with Crippen molar-refractivity contribution in [3.05, 3.63) is 35.9 Å². The first-order valence-electron chi connectivity index (χ1n) is 8.37. The smallest absolute Gasteiger partial charge is 0.169 e. The van der Waals surface area contributed by atoms with Crippen LogP contribution in [0.2, 0.25) is 0 Å². The third kappa shape index (κ3) is 3.11. The molecule has 1 aromatic carbocycles. The first-order valence-corrected chi connectivity index (χ1v) is 8.78. The van der Waals surface area contributed by atoms with Crippen LogP contribution in [0.5, 0.6) is 0 Å². The summed E-state index contributed by atoms with van der Waals surface area (Å²) < 4.78 is 0. The monoisotopic (exact) mass is 326 g/mol. The highest BCUT2D eigenvalue weighted by atomic mass is 32.1. The molecule has 0 unspecified atom stereocenters. The molecule has 23 heavy (non-hydrogen) atoms. The van der Waals surface area contributed by atoms with Gasteiger partial charge in [-0.3, -0.25) is 0 Å². The average Bonchev–Trinajstić information content (AvgIpc) is 3.39. The predicted octanol–water partition coefficient (Wildman–Crippen LogP) is 2.70. The molecular formula is C18H22N4S. The third-order valence-corrected chi connectivity index (χ3v) is 5.08. The molecule has 5 heteroatoms. The number of piperazine rings is 1. The van der Waals surface area contributed by atoms with Gasteiger partial charge in [0.1, 0.15) is 5.82 Å². The SMILES string of the molecule is Cc1cc(N2CCN(C(=S)NC3CC3)CC2)nc2ccccc12. The number of rotatable bonds is 2. The Bertz CT molecular complexity index is 733. The van der Waals surface area contributed by atoms with Crippen molar-refractivity contribution >= 4 is 34.1 Å². The number of thiocarbonyl (C=S) groups is 1. The zero-order chi connectivity index (χ0) is 15.8. The summed E-state index contributed by atoms with van der Waals surface area (Å²) in [6.07, 6.45) is 2.53. The van der Waals surface area contributed by atoms with Gasteiger partial charge in [-0.05, 0) is 49.7 Å². The molecule has 4 nitrogen and oxygen atoms in total. The van der Waals surface area contributed by atoms with E-state index in [9.17, 15) is 0 Å². The van der Waals surface area contributed by atoms with E-state index in [0.717, 1.165) is 42.6 Å². The van der Waals surface area contributed by atoms with E-state index in [2.05, 4.69) is 52.4 Å². The van der Waals surface area contributed by atoms with Crippen molar-refractivity contribution in [2.45, 2.75) is 25.8 Å². The van der Waals surface area contributed by atoms with E-state index in [1.807, 2.05) is 0 Å². The molecule has 0 amide bonds. The van der Waals surface area contributed by atoms with Gasteiger partial charge >= 0.3 is 0 Å². The van der Waals surface area contributed by atoms with Gasteiger partial charge in [-0.15, -0.1) is 0 Å². The fourth-order valence-corrected chi connectivity index (χ4v) is 3.48. The molecule has 1 saturated carbocycles. The summed E-state index contributed by atoms with van der Waals surface area (Å²) in [5.74, 6) is 1.09. The minimum atomic E-state index is 0.630. The molecular weight excluding hydrogens is 304 g/mol. The van der Waals surface area contributed by atoms with Crippen LogP contribution in [0, 0.1) is 6.92 Å². The molecule has 1 aliphatic carbocycles. The summed E-state index contributed by atoms with van der Waals surface area (Å²) in [6.45, 7) is 6.03. The fraction of sp³-hybridized carbons (Fsp3) is 0.444. The van der Waals surface area contributed by atoms with Gasteiger partial charge in [0.2, 0.25) is 0 Å². The van der Waals surface area contributed by atoms with E-state index in [1.165, 1.54) is 23.8 Å². The number of hydrogen-bond acceptors (Lipinski definition) is 3. The maximum absolute atomic E-state index is 5.51. The Morgan fingerprint density at radius 3 is 2.65 bits per heavy atom. The van der Waals surface area contributed by atoms with E-state index in [-0.39, 0.29) is 0 Å². The Morgan fingerprint density at radius 2 is 1.91 bits per heavy atom. The lowest BCUT2D eigenvalue weighted by Gasteiger charge is -2.37. The number of benzene rings is 1. The van der Waals surface area contributed by atoms with E-state index in [0.29, 0.717) is 6.04 Å². The Hall–Kier alpha value is -1.88. The molecule has 120 valence electrons. The number of aryl methyl sites for hydroxylation is 1. The number of para-hydroxylation sites is 1. The molecule has 2 aliphatic rings. The molecule has 1 aliphatic heterocycles. The molecule has 1 aromatic heterocycles. The van der Waals surface area contributed by atoms with Crippen LogP contribution in [0.15, 0.2) is 30.3 Å². The quantitative estimate of drug-likeness (QED) is 0.858. The number of anilines is 1. The van der Waals surface area contributed by atoms with Crippen LogP contribution in [-0.4, -0.2) is 47.2 Å². The van der Waals surface area contributed by atoms with Gasteiger partial charge in [0.15, 0.2) is 5.11 Å². The van der Waals surface area contributed by atoms with Gasteiger partial charge in [-0.2, -0.15) is 0 Å². The maximum atomic E-state index is 5.51. The summed E-state index contributed by atoms with van der Waals surface area (Å²) in [7, 11) is 0. The van der Waals surface area contributed by atoms with Crippen LogP contribution in [0.4, 0.5) is 5.82 Å². The van der Waals surface area contributed by atoms with Crippen LogP contribution < -0.4 is 10.2 Å². The lowest BCUT2D eigenvalue weighted by atomic mass is 10.1. The molecule has 4 rings (SSSR count). The number of aromatic nitrogens is 1. The minimum absolute atomic E-state index is 0.630. The summed E-state index contributed by atoms with van der Waals surface area (Å²) >= 11 is 5.51. The van der Waals surface area contributed by atoms with Crippen LogP contribution in [0.1, 0.15) is 18.4 Å². The zero-order valence-electron chi connectivity index (χ0n) is 13.5. The summed E-state index contributed by atoms with van der Waals surface area (Å²) in [5.41, 5.74) is 2.37. The molecule has 1 saturated heterocycles. The lowest BCUT2D eigenvalue weighted by Crippen LogP contribution is -2.52. The largest absolute Gasteiger partial charge is 0.360 e.